The van der Waals surface area contributed by atoms with Crippen LogP contribution in [0.3, 0.4) is 0 Å². The van der Waals surface area contributed by atoms with Gasteiger partial charge in [0, 0.05) is 4.47 Å². The van der Waals surface area contributed by atoms with E-state index in [1.807, 2.05) is 0 Å². The molecule has 0 aliphatic heterocycles. The van der Waals surface area contributed by atoms with Gasteiger partial charge in [-0.25, -0.2) is 4.39 Å². The summed E-state index contributed by atoms with van der Waals surface area (Å²) < 4.78 is 51.9. The minimum atomic E-state index is -4.75. The molecule has 2 aromatic carbocycles. The van der Waals surface area contributed by atoms with Crippen molar-refractivity contribution in [3.05, 3.63) is 68.9 Å². The Hall–Kier alpha value is -1.40. The van der Waals surface area contributed by atoms with Crippen LogP contribution in [0.1, 0.15) is 28.4 Å². The van der Waals surface area contributed by atoms with E-state index in [0.717, 1.165) is 16.1 Å². The zero-order valence-electron chi connectivity index (χ0n) is 10.9. The van der Waals surface area contributed by atoms with Crippen molar-refractivity contribution in [1.82, 2.24) is 0 Å². The van der Waals surface area contributed by atoms with Gasteiger partial charge in [-0.05, 0) is 41.8 Å². The summed E-state index contributed by atoms with van der Waals surface area (Å²) in [5, 5.41) is 10.2. The van der Waals surface area contributed by atoms with Gasteiger partial charge in [0.25, 0.3) is 0 Å². The summed E-state index contributed by atoms with van der Waals surface area (Å²) in [5.74, 6) is -1.40. The molecule has 2 aromatic rings. The van der Waals surface area contributed by atoms with Gasteiger partial charge in [-0.2, -0.15) is 13.2 Å². The molecule has 0 bridgehead atoms. The van der Waals surface area contributed by atoms with Crippen molar-refractivity contribution in [3.8, 4) is 0 Å². The molecule has 0 radical (unpaired) electrons. The third-order valence-corrected chi connectivity index (χ3v) is 4.08. The second-order valence-corrected chi connectivity index (χ2v) is 5.45. The molecule has 0 heterocycles. The highest BCUT2D eigenvalue weighted by atomic mass is 79.9. The van der Waals surface area contributed by atoms with E-state index in [-0.39, 0.29) is 5.56 Å². The van der Waals surface area contributed by atoms with E-state index < -0.39 is 23.7 Å². The molecular weight excluding hydrogens is 352 g/mol. The first-order valence-electron chi connectivity index (χ1n) is 6.01. The van der Waals surface area contributed by atoms with Gasteiger partial charge in [0.1, 0.15) is 11.9 Å². The molecular formula is C15H11BrF4O. The molecule has 112 valence electrons. The molecule has 0 aliphatic rings. The Morgan fingerprint density at radius 2 is 1.81 bits per heavy atom. The monoisotopic (exact) mass is 362 g/mol. The van der Waals surface area contributed by atoms with Gasteiger partial charge >= 0.3 is 6.18 Å². The highest BCUT2D eigenvalue weighted by Gasteiger charge is 2.34. The Morgan fingerprint density at radius 3 is 2.38 bits per heavy atom. The molecule has 21 heavy (non-hydrogen) atoms. The molecule has 1 unspecified atom stereocenters. The number of hydrogen-bond acceptors (Lipinski definition) is 1. The van der Waals surface area contributed by atoms with Gasteiger partial charge in [-0.15, -0.1) is 0 Å². The highest BCUT2D eigenvalue weighted by molar-refractivity contribution is 9.10. The first-order chi connectivity index (χ1) is 9.71. The Labute approximate surface area is 127 Å². The Kier molecular flexibility index (Phi) is 4.39. The minimum Gasteiger partial charge on any atom is -0.384 e. The molecule has 0 spiro atoms. The van der Waals surface area contributed by atoms with E-state index in [2.05, 4.69) is 15.9 Å². The van der Waals surface area contributed by atoms with Crippen molar-refractivity contribution >= 4 is 15.9 Å². The highest BCUT2D eigenvalue weighted by Crippen LogP contribution is 2.34. The minimum absolute atomic E-state index is 0.0710. The van der Waals surface area contributed by atoms with Crippen molar-refractivity contribution < 1.29 is 22.7 Å². The topological polar surface area (TPSA) is 20.2 Å². The summed E-state index contributed by atoms with van der Waals surface area (Å²) in [6.07, 6.45) is -5.95. The van der Waals surface area contributed by atoms with E-state index >= 15 is 0 Å². The lowest BCUT2D eigenvalue weighted by atomic mass is 9.96. The van der Waals surface area contributed by atoms with Gasteiger partial charge in [-0.3, -0.25) is 0 Å². The lowest BCUT2D eigenvalue weighted by Crippen LogP contribution is -2.10. The van der Waals surface area contributed by atoms with E-state index in [1.165, 1.54) is 0 Å². The molecule has 1 N–H and O–H groups in total. The number of aliphatic hydroxyl groups excluding tert-OH is 1. The summed E-state index contributed by atoms with van der Waals surface area (Å²) in [4.78, 5) is 0. The number of benzene rings is 2. The standard InChI is InChI=1S/C15H11BrF4O/c1-8-10(3-2-4-12(8)16)14(21)9-5-6-11(13(17)7-9)15(18,19)20/h2-7,14,21H,1H3. The summed E-state index contributed by atoms with van der Waals surface area (Å²) in [6.45, 7) is 1.75. The van der Waals surface area contributed by atoms with Crippen LogP contribution in [0.25, 0.3) is 0 Å². The lowest BCUT2D eigenvalue weighted by molar-refractivity contribution is -0.140. The summed E-state index contributed by atoms with van der Waals surface area (Å²) in [5.41, 5.74) is -0.0278. The van der Waals surface area contributed by atoms with E-state index in [4.69, 9.17) is 0 Å². The number of hydrogen-bond donors (Lipinski definition) is 1. The van der Waals surface area contributed by atoms with Gasteiger partial charge in [0.2, 0.25) is 0 Å². The number of halogens is 5. The smallest absolute Gasteiger partial charge is 0.384 e. The molecule has 2 rings (SSSR count). The molecule has 1 atom stereocenters. The molecule has 1 nitrogen and oxygen atoms in total. The summed E-state index contributed by atoms with van der Waals surface area (Å²) in [6, 6.07) is 7.54. The first kappa shape index (κ1) is 16.0. The van der Waals surface area contributed by atoms with Crippen LogP contribution in [0, 0.1) is 12.7 Å². The lowest BCUT2D eigenvalue weighted by Gasteiger charge is -2.16. The molecule has 0 fully saturated rings. The van der Waals surface area contributed by atoms with Crippen LogP contribution in [-0.4, -0.2) is 5.11 Å². The molecule has 6 heteroatoms. The maximum absolute atomic E-state index is 13.6. The third-order valence-electron chi connectivity index (χ3n) is 3.22. The Bertz CT molecular complexity index is 667. The van der Waals surface area contributed by atoms with Crippen molar-refractivity contribution in [3.63, 3.8) is 0 Å². The van der Waals surface area contributed by atoms with Crippen molar-refractivity contribution in [1.29, 1.82) is 0 Å². The zero-order chi connectivity index (χ0) is 15.8. The van der Waals surface area contributed by atoms with Crippen molar-refractivity contribution in [2.45, 2.75) is 19.2 Å². The second-order valence-electron chi connectivity index (χ2n) is 4.59. The van der Waals surface area contributed by atoms with Crippen LogP contribution in [0.2, 0.25) is 0 Å². The van der Waals surface area contributed by atoms with Crippen molar-refractivity contribution in [2.24, 2.45) is 0 Å². The molecule has 0 aliphatic carbocycles. The van der Waals surface area contributed by atoms with E-state index in [0.29, 0.717) is 17.7 Å². The van der Waals surface area contributed by atoms with Crippen LogP contribution in [0.4, 0.5) is 17.6 Å². The number of rotatable bonds is 2. The molecule has 0 saturated heterocycles. The fourth-order valence-corrected chi connectivity index (χ4v) is 2.41. The maximum Gasteiger partial charge on any atom is 0.419 e. The average Bonchev–Trinajstić information content (AvgIpc) is 2.39. The Morgan fingerprint density at radius 1 is 1.14 bits per heavy atom. The Balaban J connectivity index is 2.43. The van der Waals surface area contributed by atoms with Gasteiger partial charge in [0.05, 0.1) is 5.56 Å². The second kappa shape index (κ2) is 5.77. The van der Waals surface area contributed by atoms with Crippen LogP contribution in [0.15, 0.2) is 40.9 Å². The van der Waals surface area contributed by atoms with Crippen LogP contribution in [-0.2, 0) is 6.18 Å². The predicted molar refractivity (Wildman–Crippen MR) is 74.3 cm³/mol. The zero-order valence-corrected chi connectivity index (χ0v) is 12.5. The van der Waals surface area contributed by atoms with Gasteiger partial charge in [0.15, 0.2) is 0 Å². The summed E-state index contributed by atoms with van der Waals surface area (Å²) in [7, 11) is 0. The van der Waals surface area contributed by atoms with Crippen molar-refractivity contribution in [2.75, 3.05) is 0 Å². The van der Waals surface area contributed by atoms with Crippen LogP contribution >= 0.6 is 15.9 Å². The first-order valence-corrected chi connectivity index (χ1v) is 6.81. The molecule has 0 amide bonds. The fraction of sp³-hybridized carbons (Fsp3) is 0.200. The fourth-order valence-electron chi connectivity index (χ4n) is 2.03. The molecule has 0 aromatic heterocycles. The predicted octanol–water partition coefficient (Wildman–Crippen LogP) is 5.00. The number of aliphatic hydroxyl groups is 1. The third kappa shape index (κ3) is 3.27. The maximum atomic E-state index is 13.6. The number of alkyl halides is 3. The van der Waals surface area contributed by atoms with Gasteiger partial charge in [-0.1, -0.05) is 34.1 Å². The average molecular weight is 363 g/mol. The SMILES string of the molecule is Cc1c(Br)cccc1C(O)c1ccc(C(F)(F)F)c(F)c1. The van der Waals surface area contributed by atoms with E-state index in [9.17, 15) is 22.7 Å². The largest absolute Gasteiger partial charge is 0.419 e. The van der Waals surface area contributed by atoms with E-state index in [1.54, 1.807) is 25.1 Å². The molecule has 0 saturated carbocycles. The van der Waals surface area contributed by atoms with Crippen LogP contribution < -0.4 is 0 Å². The summed E-state index contributed by atoms with van der Waals surface area (Å²) >= 11 is 3.31. The quantitative estimate of drug-likeness (QED) is 0.745. The normalized spacial score (nSPS) is 13.3. The van der Waals surface area contributed by atoms with Gasteiger partial charge < -0.3 is 5.11 Å². The van der Waals surface area contributed by atoms with Crippen LogP contribution in [0.5, 0.6) is 0 Å².